The van der Waals surface area contributed by atoms with Gasteiger partial charge in [0.25, 0.3) is 15.9 Å². The van der Waals surface area contributed by atoms with Crippen molar-refractivity contribution in [2.24, 2.45) is 17.6 Å². The number of hydrogen-bond acceptors (Lipinski definition) is 11. The Kier molecular flexibility index (Phi) is 7.07. The largest absolute Gasteiger partial charge is 0.508 e. The second kappa shape index (κ2) is 10.1. The van der Waals surface area contributed by atoms with Crippen LogP contribution in [0.25, 0.3) is 5.76 Å². The van der Waals surface area contributed by atoms with Crippen LogP contribution < -0.4 is 15.4 Å². The quantitative estimate of drug-likeness (QED) is 0.199. The molecule has 1 saturated carbocycles. The third kappa shape index (κ3) is 4.36. The van der Waals surface area contributed by atoms with Gasteiger partial charge in [0.05, 0.1) is 22.2 Å². The SMILES string of the molecule is CN(C)c1cc(NS(=O)(=O)c2ccccc2)c(O)c2c1CC1CC3C(N(C)C)C(=O)C(C(N)=O)=C(O)C3(O)C(=O)C1=C2O. The maximum Gasteiger partial charge on any atom is 0.262 e. The average molecular weight is 613 g/mol. The van der Waals surface area contributed by atoms with E-state index in [1.807, 2.05) is 0 Å². The fourth-order valence-electron chi connectivity index (χ4n) is 6.57. The van der Waals surface area contributed by atoms with E-state index in [2.05, 4.69) is 4.72 Å². The summed E-state index contributed by atoms with van der Waals surface area (Å²) in [5.41, 5.74) is 1.66. The molecule has 228 valence electrons. The molecule has 1 fully saturated rings. The van der Waals surface area contributed by atoms with Crippen molar-refractivity contribution < 1.29 is 43.2 Å². The van der Waals surface area contributed by atoms with Crippen molar-refractivity contribution in [3.63, 3.8) is 0 Å². The van der Waals surface area contributed by atoms with E-state index >= 15 is 0 Å². The van der Waals surface area contributed by atoms with E-state index in [1.165, 1.54) is 49.3 Å². The van der Waals surface area contributed by atoms with E-state index in [0.717, 1.165) is 0 Å². The van der Waals surface area contributed by atoms with Crippen LogP contribution in [-0.4, -0.2) is 91.1 Å². The van der Waals surface area contributed by atoms with Gasteiger partial charge in [-0.25, -0.2) is 8.42 Å². The Labute approximate surface area is 247 Å². The van der Waals surface area contributed by atoms with Crippen molar-refractivity contribution in [2.75, 3.05) is 37.8 Å². The number of carbonyl (C=O) groups is 3. The highest BCUT2D eigenvalue weighted by molar-refractivity contribution is 7.92. The van der Waals surface area contributed by atoms with E-state index in [-0.39, 0.29) is 34.6 Å². The number of sulfonamides is 1. The summed E-state index contributed by atoms with van der Waals surface area (Å²) in [4.78, 5) is 42.5. The number of nitrogens with one attached hydrogen (secondary N) is 1. The first-order chi connectivity index (χ1) is 20.0. The second-order valence-corrected chi connectivity index (χ2v) is 13.1. The zero-order chi connectivity index (χ0) is 31.8. The third-order valence-corrected chi connectivity index (χ3v) is 9.86. The molecule has 3 aliphatic rings. The fourth-order valence-corrected chi connectivity index (χ4v) is 7.65. The molecule has 2 aromatic rings. The van der Waals surface area contributed by atoms with E-state index in [4.69, 9.17) is 5.73 Å². The number of anilines is 2. The number of Topliss-reactive ketones (excluding diaryl/α,β-unsaturated/α-hetero) is 2. The van der Waals surface area contributed by atoms with Crippen LogP contribution >= 0.6 is 0 Å². The van der Waals surface area contributed by atoms with Gasteiger partial charge in [-0.15, -0.1) is 0 Å². The number of carbonyl (C=O) groups excluding carboxylic acids is 3. The van der Waals surface area contributed by atoms with Crippen molar-refractivity contribution in [3.05, 3.63) is 64.4 Å². The van der Waals surface area contributed by atoms with E-state index in [9.17, 15) is 43.2 Å². The Morgan fingerprint density at radius 1 is 1.07 bits per heavy atom. The number of hydrogen-bond donors (Lipinski definition) is 6. The van der Waals surface area contributed by atoms with Crippen LogP contribution in [0.3, 0.4) is 0 Å². The van der Waals surface area contributed by atoms with Crippen LogP contribution in [0.1, 0.15) is 17.5 Å². The molecular weight excluding hydrogens is 580 g/mol. The predicted molar refractivity (Wildman–Crippen MR) is 156 cm³/mol. The molecule has 5 rings (SSSR count). The smallest absolute Gasteiger partial charge is 0.262 e. The molecule has 0 aromatic heterocycles. The number of aliphatic hydroxyl groups is 3. The van der Waals surface area contributed by atoms with Gasteiger partial charge >= 0.3 is 0 Å². The highest BCUT2D eigenvalue weighted by atomic mass is 32.2. The van der Waals surface area contributed by atoms with Gasteiger partial charge in [-0.1, -0.05) is 18.2 Å². The number of nitrogens with two attached hydrogens (primary N) is 1. The average Bonchev–Trinajstić information content (AvgIpc) is 2.92. The lowest BCUT2D eigenvalue weighted by Gasteiger charge is -2.50. The maximum absolute atomic E-state index is 14.1. The summed E-state index contributed by atoms with van der Waals surface area (Å²) < 4.78 is 28.5. The molecule has 0 saturated heterocycles. The van der Waals surface area contributed by atoms with Crippen molar-refractivity contribution in [1.82, 2.24) is 4.90 Å². The fraction of sp³-hybridized carbons (Fsp3) is 0.345. The Bertz CT molecular complexity index is 1750. The standard InChI is InChI=1S/C29H32N4O9S/c1-32(2)18-12-17(31-43(41,42)14-8-6-5-7-9-14)23(34)20-15(18)10-13-11-16-22(33(3)4)25(36)21(28(30)39)27(38)29(16,40)26(37)19(13)24(20)35/h5-9,12-13,16,22,31,34-35,38,40H,10-11H2,1-4H3,(H2,30,39). The molecule has 0 spiro atoms. The van der Waals surface area contributed by atoms with Crippen molar-refractivity contribution in [2.45, 2.75) is 29.4 Å². The molecule has 0 aliphatic heterocycles. The molecule has 1 amide bonds. The number of phenols is 1. The zero-order valence-corrected chi connectivity index (χ0v) is 24.6. The number of primary amides is 1. The van der Waals surface area contributed by atoms with E-state index < -0.39 is 73.8 Å². The Morgan fingerprint density at radius 2 is 1.70 bits per heavy atom. The first-order valence-corrected chi connectivity index (χ1v) is 14.8. The molecular formula is C29H32N4O9S. The van der Waals surface area contributed by atoms with Crippen LogP contribution in [0.15, 0.2) is 58.2 Å². The van der Waals surface area contributed by atoms with Gasteiger partial charge in [0, 0.05) is 31.3 Å². The van der Waals surface area contributed by atoms with Gasteiger partial charge in [0.2, 0.25) is 5.78 Å². The summed E-state index contributed by atoms with van der Waals surface area (Å²) in [5, 5.41) is 45.7. The second-order valence-electron chi connectivity index (χ2n) is 11.4. The highest BCUT2D eigenvalue weighted by Crippen LogP contribution is 2.54. The molecule has 7 N–H and O–H groups in total. The van der Waals surface area contributed by atoms with Crippen molar-refractivity contribution in [1.29, 1.82) is 0 Å². The van der Waals surface area contributed by atoms with Crippen LogP contribution in [0, 0.1) is 11.8 Å². The van der Waals surface area contributed by atoms with Crippen LogP contribution in [0.2, 0.25) is 0 Å². The monoisotopic (exact) mass is 612 g/mol. The summed E-state index contributed by atoms with van der Waals surface area (Å²) in [6.07, 6.45) is -0.0108. The molecule has 4 atom stereocenters. The highest BCUT2D eigenvalue weighted by Gasteiger charge is 2.64. The first-order valence-electron chi connectivity index (χ1n) is 13.3. The van der Waals surface area contributed by atoms with Crippen LogP contribution in [0.4, 0.5) is 11.4 Å². The summed E-state index contributed by atoms with van der Waals surface area (Å²) in [7, 11) is 2.23. The molecule has 14 heteroatoms. The molecule has 0 bridgehead atoms. The molecule has 0 radical (unpaired) electrons. The Balaban J connectivity index is 1.72. The lowest BCUT2D eigenvalue weighted by atomic mass is 9.57. The molecule has 43 heavy (non-hydrogen) atoms. The van der Waals surface area contributed by atoms with Gasteiger partial charge in [-0.2, -0.15) is 0 Å². The summed E-state index contributed by atoms with van der Waals surface area (Å²) in [5.74, 6) is -7.88. The van der Waals surface area contributed by atoms with E-state index in [1.54, 1.807) is 25.1 Å². The number of likely N-dealkylation sites (N-methyl/N-ethyl adjacent to an activating group) is 1. The number of nitrogens with zero attached hydrogens (tertiary/aromatic N) is 2. The Morgan fingerprint density at radius 3 is 2.26 bits per heavy atom. The number of rotatable bonds is 6. The lowest BCUT2D eigenvalue weighted by Crippen LogP contribution is -2.65. The zero-order valence-electron chi connectivity index (χ0n) is 23.8. The minimum Gasteiger partial charge on any atom is -0.508 e. The third-order valence-electron chi connectivity index (χ3n) is 8.48. The van der Waals surface area contributed by atoms with Crippen molar-refractivity contribution in [3.8, 4) is 5.75 Å². The van der Waals surface area contributed by atoms with Gasteiger partial charge in [0.15, 0.2) is 17.1 Å². The summed E-state index contributed by atoms with van der Waals surface area (Å²) in [6, 6.07) is 7.64. The molecule has 3 aliphatic carbocycles. The minimum absolute atomic E-state index is 0.0569. The first kappa shape index (κ1) is 30.1. The van der Waals surface area contributed by atoms with Gasteiger partial charge in [0.1, 0.15) is 17.1 Å². The minimum atomic E-state index is -4.18. The number of amides is 1. The summed E-state index contributed by atoms with van der Waals surface area (Å²) >= 11 is 0. The number of aromatic hydroxyl groups is 1. The normalized spacial score (nSPS) is 25.3. The maximum atomic E-state index is 14.1. The summed E-state index contributed by atoms with van der Waals surface area (Å²) in [6.45, 7) is 0. The molecule has 0 heterocycles. The lowest BCUT2D eigenvalue weighted by molar-refractivity contribution is -0.153. The number of aliphatic hydroxyl groups excluding tert-OH is 2. The Hall–Kier alpha value is -4.40. The van der Waals surface area contributed by atoms with Gasteiger partial charge < -0.3 is 31.1 Å². The number of ketones is 2. The van der Waals surface area contributed by atoms with Crippen molar-refractivity contribution >= 4 is 44.6 Å². The van der Waals surface area contributed by atoms with Crippen LogP contribution in [0.5, 0.6) is 5.75 Å². The predicted octanol–water partition coefficient (Wildman–Crippen LogP) is 0.831. The van der Waals surface area contributed by atoms with Gasteiger partial charge in [-0.05, 0) is 56.6 Å². The van der Waals surface area contributed by atoms with Gasteiger partial charge in [-0.3, -0.25) is 24.0 Å². The topological polar surface area (TPSA) is 211 Å². The van der Waals surface area contributed by atoms with E-state index in [0.29, 0.717) is 11.3 Å². The molecule has 2 aromatic carbocycles. The number of phenolic OH excluding ortho intramolecular Hbond substituents is 1. The molecule has 13 nitrogen and oxygen atoms in total. The number of benzene rings is 2. The number of fused-ring (bicyclic) bond motifs is 3. The molecule has 4 unspecified atom stereocenters. The van der Waals surface area contributed by atoms with Crippen LogP contribution in [-0.2, 0) is 30.8 Å².